The second-order valence-electron chi connectivity index (χ2n) is 17.9. The van der Waals surface area contributed by atoms with Gasteiger partial charge in [-0.3, -0.25) is 18.6 Å². The van der Waals surface area contributed by atoms with E-state index in [9.17, 15) is 19.0 Å². The summed E-state index contributed by atoms with van der Waals surface area (Å²) in [6.45, 7) is 4.38. The van der Waals surface area contributed by atoms with Gasteiger partial charge in [-0.1, -0.05) is 191 Å². The molecule has 0 saturated carbocycles. The van der Waals surface area contributed by atoms with E-state index in [2.05, 4.69) is 62.5 Å². The van der Waals surface area contributed by atoms with Crippen molar-refractivity contribution in [2.24, 2.45) is 0 Å². The summed E-state index contributed by atoms with van der Waals surface area (Å²) in [6.07, 6.45) is 51.6. The third-order valence-corrected chi connectivity index (χ3v) is 11.6. The zero-order chi connectivity index (χ0) is 45.0. The SMILES string of the molecule is CCCCC/C=C\C/C=C\C/C=C\C/C=C\CCCCCC(=O)OC[C@H](COP(=O)(O)OCC[N+](C)(C)C)OC(=O)CCCCCCCCCCCCCCCCCCCC. The van der Waals surface area contributed by atoms with Crippen LogP contribution in [0.25, 0.3) is 0 Å². The number of hydrogen-bond acceptors (Lipinski definition) is 7. The lowest BCUT2D eigenvalue weighted by molar-refractivity contribution is -0.870. The second-order valence-corrected chi connectivity index (χ2v) is 19.3. The standard InChI is InChI=1S/C51H94NO8P/c1-6-8-10-12-14-16-18-20-22-24-26-28-29-31-33-35-37-39-41-43-50(53)57-47-49(48-59-61(55,56)58-46-45-52(3,4)5)60-51(54)44-42-40-38-36-34-32-30-27-25-23-21-19-17-15-13-11-9-7-2/h14,16,20,22,26,28,31,33,49H,6-13,15,17-19,21,23-25,27,29-30,32,34-48H2,1-5H3/p+1/b16-14-,22-20-,28-26-,33-31-/t49-/m1/s1. The number of quaternary nitrogens is 1. The lowest BCUT2D eigenvalue weighted by Gasteiger charge is -2.24. The molecule has 0 amide bonds. The summed E-state index contributed by atoms with van der Waals surface area (Å²) in [4.78, 5) is 35.5. The van der Waals surface area contributed by atoms with Gasteiger partial charge in [0.2, 0.25) is 0 Å². The summed E-state index contributed by atoms with van der Waals surface area (Å²) < 4.78 is 34.4. The molecular formula is C51H95NO8P+. The zero-order valence-electron chi connectivity index (χ0n) is 40.1. The molecule has 0 aliphatic rings. The van der Waals surface area contributed by atoms with E-state index < -0.39 is 32.5 Å². The Morgan fingerprint density at radius 2 is 0.885 bits per heavy atom. The fourth-order valence-corrected chi connectivity index (χ4v) is 7.45. The minimum atomic E-state index is -4.39. The van der Waals surface area contributed by atoms with Crippen molar-refractivity contribution in [2.45, 2.75) is 219 Å². The zero-order valence-corrected chi connectivity index (χ0v) is 41.0. The van der Waals surface area contributed by atoms with Crippen LogP contribution in [0.4, 0.5) is 0 Å². The number of likely N-dealkylation sites (N-methyl/N-ethyl adjacent to an activating group) is 1. The van der Waals surface area contributed by atoms with Gasteiger partial charge in [-0.2, -0.15) is 0 Å². The number of phosphoric acid groups is 1. The Bertz CT molecular complexity index is 1180. The van der Waals surface area contributed by atoms with E-state index in [1.165, 1.54) is 122 Å². The molecular weight excluding hydrogens is 786 g/mol. The average molecular weight is 881 g/mol. The van der Waals surface area contributed by atoms with E-state index in [1.54, 1.807) is 0 Å². The molecule has 0 bridgehead atoms. The van der Waals surface area contributed by atoms with E-state index in [1.807, 2.05) is 21.1 Å². The molecule has 0 aromatic carbocycles. The van der Waals surface area contributed by atoms with E-state index in [4.69, 9.17) is 18.5 Å². The number of allylic oxidation sites excluding steroid dienone is 8. The Balaban J connectivity index is 4.33. The molecule has 0 rings (SSSR count). The average Bonchev–Trinajstić information content (AvgIpc) is 3.21. The number of rotatable bonds is 45. The smallest absolute Gasteiger partial charge is 0.462 e. The molecule has 0 aliphatic carbocycles. The summed E-state index contributed by atoms with van der Waals surface area (Å²) >= 11 is 0. The summed E-state index contributed by atoms with van der Waals surface area (Å²) in [6, 6.07) is 0. The van der Waals surface area contributed by atoms with Crippen molar-refractivity contribution in [1.29, 1.82) is 0 Å². The van der Waals surface area contributed by atoms with Gasteiger partial charge >= 0.3 is 19.8 Å². The van der Waals surface area contributed by atoms with Crippen molar-refractivity contribution < 1.29 is 42.1 Å². The van der Waals surface area contributed by atoms with Gasteiger partial charge in [0.05, 0.1) is 27.7 Å². The van der Waals surface area contributed by atoms with Crippen molar-refractivity contribution in [3.8, 4) is 0 Å². The summed E-state index contributed by atoms with van der Waals surface area (Å²) in [5.74, 6) is -0.828. The first-order valence-electron chi connectivity index (χ1n) is 24.9. The molecule has 9 nitrogen and oxygen atoms in total. The van der Waals surface area contributed by atoms with Crippen molar-refractivity contribution in [1.82, 2.24) is 0 Å². The molecule has 1 N–H and O–H groups in total. The molecule has 0 spiro atoms. The molecule has 0 radical (unpaired) electrons. The van der Waals surface area contributed by atoms with Gasteiger partial charge in [0.25, 0.3) is 0 Å². The van der Waals surface area contributed by atoms with Gasteiger partial charge < -0.3 is 18.9 Å². The Kier molecular flexibility index (Phi) is 41.8. The summed E-state index contributed by atoms with van der Waals surface area (Å²) in [5, 5.41) is 0. The third-order valence-electron chi connectivity index (χ3n) is 10.6. The molecule has 0 saturated heterocycles. The minimum Gasteiger partial charge on any atom is -0.462 e. The molecule has 0 heterocycles. The quantitative estimate of drug-likeness (QED) is 0.0212. The van der Waals surface area contributed by atoms with Crippen LogP contribution in [0.2, 0.25) is 0 Å². The van der Waals surface area contributed by atoms with E-state index in [0.717, 1.165) is 51.4 Å². The van der Waals surface area contributed by atoms with Crippen LogP contribution in [-0.4, -0.2) is 74.9 Å². The highest BCUT2D eigenvalue weighted by atomic mass is 31.2. The number of hydrogen-bond donors (Lipinski definition) is 1. The Labute approximate surface area is 375 Å². The monoisotopic (exact) mass is 881 g/mol. The van der Waals surface area contributed by atoms with Gasteiger partial charge in [-0.25, -0.2) is 4.57 Å². The second kappa shape index (κ2) is 43.2. The normalized spacial score (nSPS) is 13.9. The predicted octanol–water partition coefficient (Wildman–Crippen LogP) is 14.6. The van der Waals surface area contributed by atoms with Crippen LogP contribution in [0.1, 0.15) is 213 Å². The van der Waals surface area contributed by atoms with Crippen LogP contribution in [0.15, 0.2) is 48.6 Å². The largest absolute Gasteiger partial charge is 0.472 e. The first kappa shape index (κ1) is 59.0. The highest BCUT2D eigenvalue weighted by Gasteiger charge is 2.27. The van der Waals surface area contributed by atoms with E-state index in [0.29, 0.717) is 23.9 Å². The molecule has 61 heavy (non-hydrogen) atoms. The third kappa shape index (κ3) is 47.3. The topological polar surface area (TPSA) is 108 Å². The molecule has 356 valence electrons. The first-order valence-corrected chi connectivity index (χ1v) is 26.4. The van der Waals surface area contributed by atoms with Gasteiger partial charge in [0.1, 0.15) is 19.8 Å². The van der Waals surface area contributed by atoms with Crippen molar-refractivity contribution in [3.05, 3.63) is 48.6 Å². The molecule has 1 unspecified atom stereocenters. The maximum atomic E-state index is 12.7. The fraction of sp³-hybridized carbons (Fsp3) is 0.804. The Morgan fingerprint density at radius 1 is 0.508 bits per heavy atom. The first-order chi connectivity index (χ1) is 29.5. The summed E-state index contributed by atoms with van der Waals surface area (Å²) in [5.41, 5.74) is 0. The van der Waals surface area contributed by atoms with Gasteiger partial charge in [0, 0.05) is 12.8 Å². The Morgan fingerprint density at radius 3 is 1.34 bits per heavy atom. The maximum Gasteiger partial charge on any atom is 0.472 e. The molecule has 0 aliphatic heterocycles. The van der Waals surface area contributed by atoms with Gasteiger partial charge in [-0.15, -0.1) is 0 Å². The van der Waals surface area contributed by atoms with Crippen LogP contribution in [0.5, 0.6) is 0 Å². The van der Waals surface area contributed by atoms with Crippen LogP contribution < -0.4 is 0 Å². The van der Waals surface area contributed by atoms with Crippen LogP contribution >= 0.6 is 7.82 Å². The maximum absolute atomic E-state index is 12.7. The highest BCUT2D eigenvalue weighted by Crippen LogP contribution is 2.43. The predicted molar refractivity (Wildman–Crippen MR) is 257 cm³/mol. The van der Waals surface area contributed by atoms with Crippen LogP contribution in [0, 0.1) is 0 Å². The van der Waals surface area contributed by atoms with Crippen LogP contribution in [-0.2, 0) is 32.7 Å². The van der Waals surface area contributed by atoms with Crippen molar-refractivity contribution in [2.75, 3.05) is 47.5 Å². The number of esters is 2. The number of carbonyl (C=O) groups excluding carboxylic acids is 2. The van der Waals surface area contributed by atoms with E-state index in [-0.39, 0.29) is 26.1 Å². The lowest BCUT2D eigenvalue weighted by atomic mass is 10.0. The number of unbranched alkanes of at least 4 members (excludes halogenated alkanes) is 23. The molecule has 10 heteroatoms. The number of ether oxygens (including phenoxy) is 2. The van der Waals surface area contributed by atoms with Gasteiger partial charge in [0.15, 0.2) is 6.10 Å². The van der Waals surface area contributed by atoms with E-state index >= 15 is 0 Å². The van der Waals surface area contributed by atoms with Crippen molar-refractivity contribution >= 4 is 19.8 Å². The Hall–Kier alpha value is -2.03. The lowest BCUT2D eigenvalue weighted by Crippen LogP contribution is -2.37. The van der Waals surface area contributed by atoms with Crippen LogP contribution in [0.3, 0.4) is 0 Å². The van der Waals surface area contributed by atoms with Crippen molar-refractivity contribution in [3.63, 3.8) is 0 Å². The number of carbonyl (C=O) groups is 2. The highest BCUT2D eigenvalue weighted by molar-refractivity contribution is 7.47. The molecule has 0 fully saturated rings. The van der Waals surface area contributed by atoms with Gasteiger partial charge in [-0.05, 0) is 57.8 Å². The minimum absolute atomic E-state index is 0.0263. The number of nitrogens with zero attached hydrogens (tertiary/aromatic N) is 1. The number of phosphoric ester groups is 1. The molecule has 2 atom stereocenters. The fourth-order valence-electron chi connectivity index (χ4n) is 6.70. The molecule has 0 aromatic heterocycles. The summed E-state index contributed by atoms with van der Waals surface area (Å²) in [7, 11) is 1.46. The molecule has 0 aromatic rings.